The standard InChI is InChI=1S/C8H11BN2O3S/c1-8(2,5(10)3-12)7-11-6(4-15-7)9(13)14/h4,13-14H,10H2,1-2H3. The third-order valence-corrected chi connectivity index (χ3v) is 3.29. The summed E-state index contributed by atoms with van der Waals surface area (Å²) in [5.74, 6) is 1.63. The van der Waals surface area contributed by atoms with E-state index in [0.29, 0.717) is 5.01 Å². The van der Waals surface area contributed by atoms with Crippen LogP contribution < -0.4 is 11.3 Å². The van der Waals surface area contributed by atoms with Gasteiger partial charge in [0.2, 0.25) is 0 Å². The molecule has 1 rings (SSSR count). The Morgan fingerprint density at radius 2 is 2.27 bits per heavy atom. The Kier molecular flexibility index (Phi) is 3.31. The summed E-state index contributed by atoms with van der Waals surface area (Å²) in [5, 5.41) is 19.8. The van der Waals surface area contributed by atoms with E-state index >= 15 is 0 Å². The lowest BCUT2D eigenvalue weighted by Gasteiger charge is -2.19. The third kappa shape index (κ3) is 2.27. The van der Waals surface area contributed by atoms with Crippen molar-refractivity contribution in [3.05, 3.63) is 16.1 Å². The minimum absolute atomic E-state index is 0.0378. The Morgan fingerprint density at radius 1 is 1.67 bits per heavy atom. The van der Waals surface area contributed by atoms with E-state index in [1.54, 1.807) is 19.8 Å². The highest BCUT2D eigenvalue weighted by Crippen LogP contribution is 2.28. The van der Waals surface area contributed by atoms with Crippen molar-refractivity contribution in [2.45, 2.75) is 19.3 Å². The predicted octanol–water partition coefficient (Wildman–Crippen LogP) is -1.23. The number of aromatic nitrogens is 1. The summed E-state index contributed by atoms with van der Waals surface area (Å²) < 4.78 is 0. The molecule has 0 aliphatic heterocycles. The molecule has 1 heterocycles. The van der Waals surface area contributed by atoms with Crippen molar-refractivity contribution < 1.29 is 14.8 Å². The summed E-state index contributed by atoms with van der Waals surface area (Å²) in [6.45, 7) is 3.44. The summed E-state index contributed by atoms with van der Waals surface area (Å²) in [5.41, 5.74) is 4.96. The van der Waals surface area contributed by atoms with Gasteiger partial charge in [0.15, 0.2) is 0 Å². The molecule has 4 N–H and O–H groups in total. The van der Waals surface area contributed by atoms with Crippen LogP contribution in [-0.2, 0) is 10.2 Å². The Hall–Kier alpha value is -1.14. The normalized spacial score (nSPS) is 10.9. The van der Waals surface area contributed by atoms with E-state index in [1.165, 1.54) is 16.7 Å². The van der Waals surface area contributed by atoms with Crippen LogP contribution in [0.15, 0.2) is 11.1 Å². The fourth-order valence-electron chi connectivity index (χ4n) is 0.935. The predicted molar refractivity (Wildman–Crippen MR) is 58.4 cm³/mol. The molecule has 0 spiro atoms. The molecule has 80 valence electrons. The molecule has 1 aromatic heterocycles. The first-order valence-corrected chi connectivity index (χ1v) is 5.10. The summed E-state index contributed by atoms with van der Waals surface area (Å²) in [7, 11) is -1.60. The highest BCUT2D eigenvalue weighted by Gasteiger charge is 2.30. The Bertz CT molecular complexity index is 410. The van der Waals surface area contributed by atoms with Crippen LogP contribution in [-0.4, -0.2) is 28.1 Å². The molecule has 0 bridgehead atoms. The van der Waals surface area contributed by atoms with Gasteiger partial charge in [0.05, 0.1) is 11.0 Å². The lowest BCUT2D eigenvalue weighted by atomic mass is 9.86. The molecule has 0 aromatic carbocycles. The Morgan fingerprint density at radius 3 is 2.67 bits per heavy atom. The Balaban J connectivity index is 3.11. The molecule has 5 nitrogen and oxygen atoms in total. The van der Waals surface area contributed by atoms with E-state index in [4.69, 9.17) is 15.8 Å². The number of allylic oxidation sites excluding steroid dienone is 1. The maximum Gasteiger partial charge on any atom is 0.509 e. The number of nitrogens with two attached hydrogens (primary N) is 1. The first-order valence-electron chi connectivity index (χ1n) is 4.22. The fraction of sp³-hybridized carbons (Fsp3) is 0.375. The highest BCUT2D eigenvalue weighted by molar-refractivity contribution is 7.10. The van der Waals surface area contributed by atoms with Crippen molar-refractivity contribution in [2.75, 3.05) is 0 Å². The van der Waals surface area contributed by atoms with E-state index in [1.807, 2.05) is 0 Å². The molecule has 1 aromatic rings. The van der Waals surface area contributed by atoms with Crippen LogP contribution in [0.5, 0.6) is 0 Å². The van der Waals surface area contributed by atoms with E-state index in [0.717, 1.165) is 0 Å². The molecule has 0 saturated heterocycles. The van der Waals surface area contributed by atoms with Crippen LogP contribution >= 0.6 is 11.3 Å². The van der Waals surface area contributed by atoms with Gasteiger partial charge in [-0.1, -0.05) is 0 Å². The fourth-order valence-corrected chi connectivity index (χ4v) is 1.90. The van der Waals surface area contributed by atoms with Gasteiger partial charge in [-0.05, 0) is 13.8 Å². The van der Waals surface area contributed by atoms with E-state index < -0.39 is 12.5 Å². The summed E-state index contributed by atoms with van der Waals surface area (Å²) in [6.07, 6.45) is 0. The smallest absolute Gasteiger partial charge is 0.422 e. The molecule has 0 fully saturated rings. The van der Waals surface area contributed by atoms with Crippen LogP contribution in [0.2, 0.25) is 0 Å². The van der Waals surface area contributed by atoms with Crippen molar-refractivity contribution in [3.8, 4) is 0 Å². The number of hydrogen-bond donors (Lipinski definition) is 3. The molecule has 0 saturated carbocycles. The minimum Gasteiger partial charge on any atom is -0.422 e. The highest BCUT2D eigenvalue weighted by atomic mass is 32.1. The van der Waals surface area contributed by atoms with Crippen LogP contribution in [0.1, 0.15) is 18.9 Å². The topological polar surface area (TPSA) is 96.4 Å². The molecule has 7 heteroatoms. The minimum atomic E-state index is -1.60. The van der Waals surface area contributed by atoms with Gasteiger partial charge in [-0.15, -0.1) is 11.3 Å². The second-order valence-electron chi connectivity index (χ2n) is 3.59. The first kappa shape index (κ1) is 11.9. The van der Waals surface area contributed by atoms with Crippen LogP contribution in [0.25, 0.3) is 0 Å². The average Bonchev–Trinajstić information content (AvgIpc) is 2.65. The quantitative estimate of drug-likeness (QED) is 0.443. The first-order chi connectivity index (χ1) is 6.89. The molecule has 0 aliphatic rings. The SMILES string of the molecule is CC(C)(C(N)=C=O)c1nc(B(O)O)cs1. The van der Waals surface area contributed by atoms with Crippen molar-refractivity contribution in [2.24, 2.45) is 5.73 Å². The molecule has 0 unspecified atom stereocenters. The van der Waals surface area contributed by atoms with Gasteiger partial charge in [-0.25, -0.2) is 9.78 Å². The lowest BCUT2D eigenvalue weighted by Crippen LogP contribution is -2.33. The number of nitrogens with zero attached hydrogens (tertiary/aromatic N) is 1. The lowest BCUT2D eigenvalue weighted by molar-refractivity contribution is 0.424. The number of carbonyl (C=O) groups excluding carboxylic acids is 1. The van der Waals surface area contributed by atoms with Gasteiger partial charge >= 0.3 is 7.12 Å². The van der Waals surface area contributed by atoms with E-state index in [2.05, 4.69) is 4.98 Å². The summed E-state index contributed by atoms with van der Waals surface area (Å²) in [6, 6.07) is 0. The third-order valence-electron chi connectivity index (χ3n) is 2.10. The summed E-state index contributed by atoms with van der Waals surface area (Å²) >= 11 is 1.22. The van der Waals surface area contributed by atoms with Gasteiger partial charge in [0.25, 0.3) is 0 Å². The van der Waals surface area contributed by atoms with E-state index in [9.17, 15) is 4.79 Å². The second kappa shape index (κ2) is 4.16. The van der Waals surface area contributed by atoms with Gasteiger partial charge in [0, 0.05) is 5.38 Å². The van der Waals surface area contributed by atoms with Gasteiger partial charge in [-0.2, -0.15) is 0 Å². The monoisotopic (exact) mass is 226 g/mol. The zero-order valence-electron chi connectivity index (χ0n) is 8.39. The van der Waals surface area contributed by atoms with Crippen molar-refractivity contribution in [1.29, 1.82) is 0 Å². The number of rotatable bonds is 3. The molecule has 0 radical (unpaired) electrons. The van der Waals surface area contributed by atoms with Crippen molar-refractivity contribution in [3.63, 3.8) is 0 Å². The van der Waals surface area contributed by atoms with Crippen molar-refractivity contribution >= 4 is 30.0 Å². The zero-order chi connectivity index (χ0) is 11.6. The average molecular weight is 226 g/mol. The number of hydrogen-bond acceptors (Lipinski definition) is 6. The summed E-state index contributed by atoms with van der Waals surface area (Å²) in [4.78, 5) is 14.4. The molecule has 0 amide bonds. The molecule has 15 heavy (non-hydrogen) atoms. The largest absolute Gasteiger partial charge is 0.509 e. The van der Waals surface area contributed by atoms with Crippen LogP contribution in [0, 0.1) is 0 Å². The zero-order valence-corrected chi connectivity index (χ0v) is 9.21. The van der Waals surface area contributed by atoms with Crippen LogP contribution in [0.3, 0.4) is 0 Å². The molecular weight excluding hydrogens is 215 g/mol. The number of thiazole rings is 1. The van der Waals surface area contributed by atoms with E-state index in [-0.39, 0.29) is 11.3 Å². The van der Waals surface area contributed by atoms with Crippen LogP contribution in [0.4, 0.5) is 0 Å². The molecule has 0 aliphatic carbocycles. The Labute approximate surface area is 91.4 Å². The van der Waals surface area contributed by atoms with Gasteiger partial charge < -0.3 is 15.8 Å². The maximum atomic E-state index is 10.5. The second-order valence-corrected chi connectivity index (χ2v) is 4.45. The molecular formula is C8H11BN2O3S. The van der Waals surface area contributed by atoms with Gasteiger partial charge in [-0.3, -0.25) is 0 Å². The maximum absolute atomic E-state index is 10.5. The van der Waals surface area contributed by atoms with Crippen molar-refractivity contribution in [1.82, 2.24) is 4.98 Å². The molecule has 0 atom stereocenters. The van der Waals surface area contributed by atoms with Gasteiger partial charge in [0.1, 0.15) is 16.6 Å².